The van der Waals surface area contributed by atoms with Crippen molar-refractivity contribution in [2.45, 2.75) is 83.5 Å². The molecule has 0 bridgehead atoms. The van der Waals surface area contributed by atoms with E-state index in [2.05, 4.69) is 42.9 Å². The molecule has 0 radical (unpaired) electrons. The van der Waals surface area contributed by atoms with Crippen LogP contribution < -0.4 is 10.2 Å². The van der Waals surface area contributed by atoms with Crippen molar-refractivity contribution in [1.82, 2.24) is 15.2 Å². The Kier molecular flexibility index (Phi) is 7.36. The molecule has 7 heteroatoms. The van der Waals surface area contributed by atoms with Gasteiger partial charge in [0.25, 0.3) is 11.9 Å². The molecule has 1 N–H and O–H groups in total. The second kappa shape index (κ2) is 10.2. The first-order valence-corrected chi connectivity index (χ1v) is 12.3. The summed E-state index contributed by atoms with van der Waals surface area (Å²) in [6.07, 6.45) is 6.38. The number of ether oxygens (including phenoxy) is 1. The van der Waals surface area contributed by atoms with Gasteiger partial charge in [-0.3, -0.25) is 4.79 Å². The van der Waals surface area contributed by atoms with Gasteiger partial charge in [-0.15, -0.1) is 0 Å². The fraction of sp³-hybridized carbons (Fsp3) is 0.680. The smallest absolute Gasteiger partial charge is 0.298 e. The van der Waals surface area contributed by atoms with Gasteiger partial charge in [-0.25, -0.2) is 0 Å². The molecule has 2 fully saturated rings. The molecule has 4 rings (SSSR count). The van der Waals surface area contributed by atoms with Gasteiger partial charge in [0.15, 0.2) is 5.58 Å². The van der Waals surface area contributed by atoms with Crippen molar-refractivity contribution in [1.29, 1.82) is 0 Å². The Bertz CT molecular complexity index is 912. The number of likely N-dealkylation sites (tertiary alicyclic amines) is 1. The van der Waals surface area contributed by atoms with Gasteiger partial charge in [0, 0.05) is 24.7 Å². The molecule has 3 unspecified atom stereocenters. The number of oxazole rings is 1. The number of nitrogens with zero attached hydrogens (tertiary/aromatic N) is 3. The molecule has 2 aromatic rings. The molecule has 1 amide bonds. The van der Waals surface area contributed by atoms with E-state index >= 15 is 0 Å². The number of nitrogens with one attached hydrogen (secondary N) is 1. The molecule has 1 aromatic carbocycles. The van der Waals surface area contributed by atoms with E-state index in [0.29, 0.717) is 48.0 Å². The number of hydrogen-bond acceptors (Lipinski definition) is 6. The SMILES string of the molecule is CCCC1CC(NC(=O)c2cccc3oc(N4CCOC[C@@H]4CCC)nc23)CC(C)N1C. The van der Waals surface area contributed by atoms with Gasteiger partial charge in [-0.1, -0.05) is 32.8 Å². The van der Waals surface area contributed by atoms with Gasteiger partial charge in [0.05, 0.1) is 24.8 Å². The number of carbonyl (C=O) groups is 1. The first-order valence-electron chi connectivity index (χ1n) is 12.3. The van der Waals surface area contributed by atoms with Crippen LogP contribution in [0.15, 0.2) is 22.6 Å². The van der Waals surface area contributed by atoms with E-state index < -0.39 is 0 Å². The van der Waals surface area contributed by atoms with Gasteiger partial charge in [-0.05, 0) is 51.8 Å². The minimum atomic E-state index is -0.0560. The van der Waals surface area contributed by atoms with Crippen LogP contribution in [0, 0.1) is 0 Å². The van der Waals surface area contributed by atoms with Gasteiger partial charge in [0.2, 0.25) is 0 Å². The predicted octanol–water partition coefficient (Wildman–Crippen LogP) is 4.21. The highest BCUT2D eigenvalue weighted by Crippen LogP contribution is 2.29. The third-order valence-corrected chi connectivity index (χ3v) is 7.16. The van der Waals surface area contributed by atoms with Crippen molar-refractivity contribution < 1.29 is 13.9 Å². The molecule has 2 aliphatic rings. The third-order valence-electron chi connectivity index (χ3n) is 7.16. The maximum absolute atomic E-state index is 13.3. The summed E-state index contributed by atoms with van der Waals surface area (Å²) >= 11 is 0. The van der Waals surface area contributed by atoms with Crippen LogP contribution in [0.3, 0.4) is 0 Å². The summed E-state index contributed by atoms with van der Waals surface area (Å²) in [7, 11) is 2.21. The molecule has 2 saturated heterocycles. The number of hydrogen-bond donors (Lipinski definition) is 1. The van der Waals surface area contributed by atoms with Crippen LogP contribution in [0.2, 0.25) is 0 Å². The van der Waals surface area contributed by atoms with Crippen LogP contribution in [0.25, 0.3) is 11.1 Å². The summed E-state index contributed by atoms with van der Waals surface area (Å²) in [6, 6.07) is 7.64. The number of amides is 1. The Hall–Kier alpha value is -2.12. The fourth-order valence-electron chi connectivity index (χ4n) is 5.29. The molecule has 32 heavy (non-hydrogen) atoms. The highest BCUT2D eigenvalue weighted by atomic mass is 16.5. The molecule has 2 aliphatic heterocycles. The lowest BCUT2D eigenvalue weighted by molar-refractivity contribution is 0.0777. The predicted molar refractivity (Wildman–Crippen MR) is 127 cm³/mol. The first kappa shape index (κ1) is 23.1. The number of carbonyl (C=O) groups excluding carboxylic acids is 1. The van der Waals surface area contributed by atoms with E-state index in [9.17, 15) is 4.79 Å². The molecule has 0 aliphatic carbocycles. The molecule has 3 heterocycles. The number of morpholine rings is 1. The van der Waals surface area contributed by atoms with Crippen LogP contribution >= 0.6 is 0 Å². The Balaban J connectivity index is 1.53. The van der Waals surface area contributed by atoms with Crippen LogP contribution in [-0.2, 0) is 4.74 Å². The Labute approximate surface area is 191 Å². The van der Waals surface area contributed by atoms with Gasteiger partial charge in [-0.2, -0.15) is 4.98 Å². The largest absolute Gasteiger partial charge is 0.423 e. The summed E-state index contributed by atoms with van der Waals surface area (Å²) in [5, 5.41) is 3.30. The van der Waals surface area contributed by atoms with E-state index in [-0.39, 0.29) is 18.0 Å². The number of piperidine rings is 1. The van der Waals surface area contributed by atoms with Crippen molar-refractivity contribution >= 4 is 23.0 Å². The summed E-state index contributed by atoms with van der Waals surface area (Å²) in [5.74, 6) is -0.0560. The number of benzene rings is 1. The molecule has 4 atom stereocenters. The third kappa shape index (κ3) is 4.79. The van der Waals surface area contributed by atoms with Crippen molar-refractivity contribution in [3.05, 3.63) is 23.8 Å². The van der Waals surface area contributed by atoms with Crippen molar-refractivity contribution in [2.75, 3.05) is 31.7 Å². The standard InChI is InChI=1S/C25H38N4O3/c1-5-8-19-15-18(14-17(3)28(19)4)26-24(30)21-10-7-11-22-23(21)27-25(32-22)29-12-13-31-16-20(29)9-6-2/h7,10-11,17-20H,5-6,8-9,12-16H2,1-4H3,(H,26,30)/t17?,18?,19?,20-/m0/s1. The minimum Gasteiger partial charge on any atom is -0.423 e. The lowest BCUT2D eigenvalue weighted by atomic mass is 9.90. The zero-order valence-corrected chi connectivity index (χ0v) is 20.0. The quantitative estimate of drug-likeness (QED) is 0.693. The normalized spacial score (nSPS) is 27.1. The number of anilines is 1. The van der Waals surface area contributed by atoms with Gasteiger partial charge >= 0.3 is 0 Å². The molecule has 7 nitrogen and oxygen atoms in total. The van der Waals surface area contributed by atoms with Crippen molar-refractivity contribution in [2.24, 2.45) is 0 Å². The Morgan fingerprint density at radius 3 is 2.75 bits per heavy atom. The molecule has 176 valence electrons. The van der Waals surface area contributed by atoms with Gasteiger partial charge < -0.3 is 24.3 Å². The van der Waals surface area contributed by atoms with Crippen LogP contribution in [0.1, 0.15) is 69.7 Å². The van der Waals surface area contributed by atoms with Crippen LogP contribution in [-0.4, -0.2) is 66.8 Å². The van der Waals surface area contributed by atoms with E-state index in [0.717, 1.165) is 45.1 Å². The number of para-hydroxylation sites is 1. The fourth-order valence-corrected chi connectivity index (χ4v) is 5.29. The minimum absolute atomic E-state index is 0.0560. The second-order valence-electron chi connectivity index (χ2n) is 9.46. The highest BCUT2D eigenvalue weighted by Gasteiger charge is 2.32. The van der Waals surface area contributed by atoms with Crippen molar-refractivity contribution in [3.63, 3.8) is 0 Å². The van der Waals surface area contributed by atoms with E-state index in [1.165, 1.54) is 0 Å². The molecule has 0 spiro atoms. The van der Waals surface area contributed by atoms with Crippen LogP contribution in [0.4, 0.5) is 6.01 Å². The first-order chi connectivity index (χ1) is 15.5. The molecular formula is C25H38N4O3. The zero-order chi connectivity index (χ0) is 22.7. The maximum Gasteiger partial charge on any atom is 0.298 e. The molecule has 1 aromatic heterocycles. The topological polar surface area (TPSA) is 70.8 Å². The summed E-state index contributed by atoms with van der Waals surface area (Å²) < 4.78 is 11.8. The van der Waals surface area contributed by atoms with Gasteiger partial charge in [0.1, 0.15) is 5.52 Å². The monoisotopic (exact) mass is 442 g/mol. The molecule has 0 saturated carbocycles. The highest BCUT2D eigenvalue weighted by molar-refractivity contribution is 6.04. The van der Waals surface area contributed by atoms with E-state index in [1.807, 2.05) is 18.2 Å². The number of aromatic nitrogens is 1. The Morgan fingerprint density at radius 2 is 1.97 bits per heavy atom. The number of fused-ring (bicyclic) bond motifs is 1. The Morgan fingerprint density at radius 1 is 1.19 bits per heavy atom. The lowest BCUT2D eigenvalue weighted by Crippen LogP contribution is -2.52. The average Bonchev–Trinajstić information content (AvgIpc) is 3.22. The molecular weight excluding hydrogens is 404 g/mol. The number of rotatable bonds is 7. The van der Waals surface area contributed by atoms with Crippen molar-refractivity contribution in [3.8, 4) is 0 Å². The lowest BCUT2D eigenvalue weighted by Gasteiger charge is -2.42. The van der Waals surface area contributed by atoms with E-state index in [1.54, 1.807) is 0 Å². The second-order valence-corrected chi connectivity index (χ2v) is 9.46. The maximum atomic E-state index is 13.3. The van der Waals surface area contributed by atoms with E-state index in [4.69, 9.17) is 14.1 Å². The zero-order valence-electron chi connectivity index (χ0n) is 20.0. The van der Waals surface area contributed by atoms with Crippen LogP contribution in [0.5, 0.6) is 0 Å². The summed E-state index contributed by atoms with van der Waals surface area (Å²) in [5.41, 5.74) is 1.90. The summed E-state index contributed by atoms with van der Waals surface area (Å²) in [4.78, 5) is 22.7. The average molecular weight is 443 g/mol. The summed E-state index contributed by atoms with van der Waals surface area (Å²) in [6.45, 7) is 8.76.